The van der Waals surface area contributed by atoms with E-state index >= 15 is 0 Å². The standard InChI is InChI=1S/C6H12O4/c1-3-6(2,10)4(7)5(8)9/h4,7,10H,3H2,1-2H3,(H,8,9)/t4-,6?/m0/s1. The summed E-state index contributed by atoms with van der Waals surface area (Å²) < 4.78 is 0. The van der Waals surface area contributed by atoms with E-state index in [4.69, 9.17) is 15.3 Å². The zero-order valence-corrected chi connectivity index (χ0v) is 6.03. The fraction of sp³-hybridized carbons (Fsp3) is 0.833. The first kappa shape index (κ1) is 9.39. The van der Waals surface area contributed by atoms with Gasteiger partial charge in [0.05, 0.1) is 5.60 Å². The minimum Gasteiger partial charge on any atom is -0.479 e. The van der Waals surface area contributed by atoms with Crippen molar-refractivity contribution in [2.24, 2.45) is 0 Å². The molecule has 0 rings (SSSR count). The smallest absolute Gasteiger partial charge is 0.335 e. The van der Waals surface area contributed by atoms with Gasteiger partial charge in [0.1, 0.15) is 0 Å². The van der Waals surface area contributed by atoms with Crippen molar-refractivity contribution >= 4 is 5.97 Å². The third-order valence-corrected chi connectivity index (χ3v) is 1.54. The number of aliphatic hydroxyl groups excluding tert-OH is 1. The molecule has 0 saturated carbocycles. The van der Waals surface area contributed by atoms with E-state index in [1.807, 2.05) is 0 Å². The van der Waals surface area contributed by atoms with Gasteiger partial charge in [0, 0.05) is 0 Å². The molecule has 0 aromatic heterocycles. The summed E-state index contributed by atoms with van der Waals surface area (Å²) in [6.07, 6.45) is -1.49. The molecule has 0 saturated heterocycles. The summed E-state index contributed by atoms with van der Waals surface area (Å²) in [6, 6.07) is 0. The van der Waals surface area contributed by atoms with Gasteiger partial charge in [-0.25, -0.2) is 4.79 Å². The fourth-order valence-electron chi connectivity index (χ4n) is 0.459. The molecular formula is C6H12O4. The summed E-state index contributed by atoms with van der Waals surface area (Å²) >= 11 is 0. The minimum atomic E-state index is -1.70. The predicted molar refractivity (Wildman–Crippen MR) is 34.6 cm³/mol. The average molecular weight is 148 g/mol. The second-order valence-corrected chi connectivity index (χ2v) is 2.45. The summed E-state index contributed by atoms with van der Waals surface area (Å²) in [5.74, 6) is -1.40. The van der Waals surface area contributed by atoms with Gasteiger partial charge in [0.15, 0.2) is 6.10 Å². The van der Waals surface area contributed by atoms with E-state index in [1.54, 1.807) is 6.92 Å². The Morgan fingerprint density at radius 2 is 2.10 bits per heavy atom. The molecule has 4 nitrogen and oxygen atoms in total. The highest BCUT2D eigenvalue weighted by Gasteiger charge is 2.33. The van der Waals surface area contributed by atoms with Crippen LogP contribution in [0.25, 0.3) is 0 Å². The van der Waals surface area contributed by atoms with Crippen LogP contribution in [-0.2, 0) is 4.79 Å². The number of hydrogen-bond donors (Lipinski definition) is 3. The molecule has 0 radical (unpaired) electrons. The third kappa shape index (κ3) is 1.97. The van der Waals surface area contributed by atoms with Crippen molar-refractivity contribution < 1.29 is 20.1 Å². The quantitative estimate of drug-likeness (QED) is 0.508. The highest BCUT2D eigenvalue weighted by atomic mass is 16.4. The van der Waals surface area contributed by atoms with E-state index in [1.165, 1.54) is 6.92 Å². The number of hydrogen-bond acceptors (Lipinski definition) is 3. The molecule has 0 aromatic carbocycles. The van der Waals surface area contributed by atoms with Crippen LogP contribution in [0.3, 0.4) is 0 Å². The number of aliphatic carboxylic acids is 1. The summed E-state index contributed by atoms with van der Waals surface area (Å²) in [6.45, 7) is 2.89. The Kier molecular flexibility index (Phi) is 2.80. The summed E-state index contributed by atoms with van der Waals surface area (Å²) in [5, 5.41) is 26.2. The second-order valence-electron chi connectivity index (χ2n) is 2.45. The Morgan fingerprint density at radius 1 is 1.70 bits per heavy atom. The van der Waals surface area contributed by atoms with Gasteiger partial charge in [-0.05, 0) is 13.3 Å². The van der Waals surface area contributed by atoms with Gasteiger partial charge in [-0.1, -0.05) is 6.92 Å². The average Bonchev–Trinajstić information content (AvgIpc) is 1.86. The number of carboxylic acids is 1. The van der Waals surface area contributed by atoms with Gasteiger partial charge in [-0.15, -0.1) is 0 Å². The highest BCUT2D eigenvalue weighted by Crippen LogP contribution is 2.13. The maximum Gasteiger partial charge on any atom is 0.335 e. The Labute approximate surface area is 59.1 Å². The Hall–Kier alpha value is -0.610. The molecule has 10 heavy (non-hydrogen) atoms. The molecule has 0 aliphatic heterocycles. The van der Waals surface area contributed by atoms with Crippen molar-refractivity contribution in [3.05, 3.63) is 0 Å². The normalized spacial score (nSPS) is 19.6. The first-order valence-electron chi connectivity index (χ1n) is 3.05. The van der Waals surface area contributed by atoms with Gasteiger partial charge < -0.3 is 15.3 Å². The molecule has 60 valence electrons. The van der Waals surface area contributed by atoms with Gasteiger partial charge in [-0.3, -0.25) is 0 Å². The van der Waals surface area contributed by atoms with E-state index < -0.39 is 17.7 Å². The maximum atomic E-state index is 10.1. The molecule has 0 bridgehead atoms. The van der Waals surface area contributed by atoms with Gasteiger partial charge in [0.25, 0.3) is 0 Å². The fourth-order valence-corrected chi connectivity index (χ4v) is 0.459. The molecule has 0 heterocycles. The molecule has 2 atom stereocenters. The Balaban J connectivity index is 4.17. The minimum absolute atomic E-state index is 0.209. The van der Waals surface area contributed by atoms with Crippen molar-refractivity contribution in [3.8, 4) is 0 Å². The number of carboxylic acid groups (broad SMARTS) is 1. The first-order valence-corrected chi connectivity index (χ1v) is 3.05. The molecule has 0 fully saturated rings. The lowest BCUT2D eigenvalue weighted by atomic mass is 9.96. The van der Waals surface area contributed by atoms with Crippen molar-refractivity contribution in [3.63, 3.8) is 0 Å². The highest BCUT2D eigenvalue weighted by molar-refractivity contribution is 5.73. The van der Waals surface area contributed by atoms with E-state index in [9.17, 15) is 4.79 Å². The first-order chi connectivity index (χ1) is 4.41. The van der Waals surface area contributed by atoms with E-state index in [2.05, 4.69) is 0 Å². The summed E-state index contributed by atoms with van der Waals surface area (Å²) in [5.41, 5.74) is -1.52. The summed E-state index contributed by atoms with van der Waals surface area (Å²) in [7, 11) is 0. The van der Waals surface area contributed by atoms with Crippen LogP contribution in [0.1, 0.15) is 20.3 Å². The number of aliphatic hydroxyl groups is 2. The van der Waals surface area contributed by atoms with Crippen LogP contribution < -0.4 is 0 Å². The van der Waals surface area contributed by atoms with Crippen molar-refractivity contribution in [2.75, 3.05) is 0 Å². The van der Waals surface area contributed by atoms with Crippen LogP contribution >= 0.6 is 0 Å². The zero-order chi connectivity index (χ0) is 8.36. The lowest BCUT2D eigenvalue weighted by Gasteiger charge is -2.23. The van der Waals surface area contributed by atoms with Crippen molar-refractivity contribution in [2.45, 2.75) is 32.0 Å². The maximum absolute atomic E-state index is 10.1. The Morgan fingerprint density at radius 3 is 2.20 bits per heavy atom. The zero-order valence-electron chi connectivity index (χ0n) is 6.03. The molecular weight excluding hydrogens is 136 g/mol. The van der Waals surface area contributed by atoms with Crippen LogP contribution in [-0.4, -0.2) is 33.0 Å². The third-order valence-electron chi connectivity index (χ3n) is 1.54. The van der Waals surface area contributed by atoms with E-state index in [-0.39, 0.29) is 6.42 Å². The van der Waals surface area contributed by atoms with Crippen LogP contribution in [0.4, 0.5) is 0 Å². The molecule has 0 aliphatic rings. The van der Waals surface area contributed by atoms with Crippen LogP contribution in [0.2, 0.25) is 0 Å². The molecule has 0 aromatic rings. The molecule has 4 heteroatoms. The Bertz CT molecular complexity index is 130. The van der Waals surface area contributed by atoms with Crippen LogP contribution in [0.5, 0.6) is 0 Å². The van der Waals surface area contributed by atoms with Crippen LogP contribution in [0.15, 0.2) is 0 Å². The summed E-state index contributed by atoms with van der Waals surface area (Å²) in [4.78, 5) is 10.1. The van der Waals surface area contributed by atoms with E-state index in [0.29, 0.717) is 0 Å². The lowest BCUT2D eigenvalue weighted by Crippen LogP contribution is -2.43. The van der Waals surface area contributed by atoms with Crippen LogP contribution in [0, 0.1) is 0 Å². The van der Waals surface area contributed by atoms with Crippen molar-refractivity contribution in [1.29, 1.82) is 0 Å². The number of carbonyl (C=O) groups is 1. The second kappa shape index (κ2) is 2.98. The van der Waals surface area contributed by atoms with Gasteiger partial charge >= 0.3 is 5.97 Å². The molecule has 0 spiro atoms. The molecule has 0 amide bonds. The molecule has 1 unspecified atom stereocenters. The monoisotopic (exact) mass is 148 g/mol. The molecule has 0 aliphatic carbocycles. The number of rotatable bonds is 3. The van der Waals surface area contributed by atoms with Gasteiger partial charge in [-0.2, -0.15) is 0 Å². The van der Waals surface area contributed by atoms with E-state index in [0.717, 1.165) is 0 Å². The predicted octanol–water partition coefficient (Wildman–Crippen LogP) is -0.407. The molecule has 3 N–H and O–H groups in total. The topological polar surface area (TPSA) is 77.8 Å². The largest absolute Gasteiger partial charge is 0.479 e. The lowest BCUT2D eigenvalue weighted by molar-refractivity contribution is -0.161. The SMILES string of the molecule is CCC(C)(O)[C@@H](O)C(=O)O. The van der Waals surface area contributed by atoms with Crippen molar-refractivity contribution in [1.82, 2.24) is 0 Å². The van der Waals surface area contributed by atoms with Gasteiger partial charge in [0.2, 0.25) is 0 Å².